The summed E-state index contributed by atoms with van der Waals surface area (Å²) >= 11 is 6.05. The van der Waals surface area contributed by atoms with Gasteiger partial charge in [0.15, 0.2) is 5.43 Å². The van der Waals surface area contributed by atoms with Crippen molar-refractivity contribution in [3.63, 3.8) is 0 Å². The Bertz CT molecular complexity index is 1610. The number of halogens is 1. The zero-order valence-electron chi connectivity index (χ0n) is 20.1. The van der Waals surface area contributed by atoms with Gasteiger partial charge in [0.05, 0.1) is 12.5 Å². The Labute approximate surface area is 213 Å². The molecule has 7 heteroatoms. The maximum Gasteiger partial charge on any atom is 0.193 e. The van der Waals surface area contributed by atoms with E-state index in [1.165, 1.54) is 6.07 Å². The first-order valence-corrected chi connectivity index (χ1v) is 11.9. The van der Waals surface area contributed by atoms with Crippen LogP contribution in [0.1, 0.15) is 22.6 Å². The van der Waals surface area contributed by atoms with Gasteiger partial charge in [-0.2, -0.15) is 0 Å². The number of aromatic nitrogens is 2. The van der Waals surface area contributed by atoms with Crippen molar-refractivity contribution in [2.75, 3.05) is 12.4 Å². The smallest absolute Gasteiger partial charge is 0.193 e. The lowest BCUT2D eigenvalue weighted by Gasteiger charge is -2.15. The molecule has 1 N–H and O–H groups in total. The highest BCUT2D eigenvalue weighted by Gasteiger charge is 2.13. The quantitative estimate of drug-likeness (QED) is 0.276. The Hall–Kier alpha value is -4.16. The van der Waals surface area contributed by atoms with E-state index in [1.807, 2.05) is 62.4 Å². The van der Waals surface area contributed by atoms with Crippen molar-refractivity contribution in [2.45, 2.75) is 20.3 Å². The summed E-state index contributed by atoms with van der Waals surface area (Å²) in [5.41, 5.74) is 5.12. The monoisotopic (exact) mass is 497 g/mol. The van der Waals surface area contributed by atoms with Gasteiger partial charge >= 0.3 is 0 Å². The Kier molecular flexibility index (Phi) is 6.44. The predicted molar refractivity (Wildman–Crippen MR) is 144 cm³/mol. The lowest BCUT2D eigenvalue weighted by Crippen LogP contribution is -2.06. The number of hydrogen-bond donors (Lipinski definition) is 1. The summed E-state index contributed by atoms with van der Waals surface area (Å²) in [6.07, 6.45) is 0.677. The van der Waals surface area contributed by atoms with Gasteiger partial charge < -0.3 is 14.5 Å². The highest BCUT2D eigenvalue weighted by molar-refractivity contribution is 6.30. The fraction of sp³-hybridized carbons (Fsp3) is 0.138. The SMILES string of the molecule is COc1ccc2oc(-c3ccc(Nc4nc(C)nc(C)c4Cc4ccc(Cl)cc4)cc3)cc(=O)c2c1. The number of methoxy groups -OCH3 is 1. The molecule has 2 heterocycles. The summed E-state index contributed by atoms with van der Waals surface area (Å²) in [7, 11) is 1.57. The van der Waals surface area contributed by atoms with Crippen LogP contribution in [0.2, 0.25) is 5.02 Å². The standard InChI is InChI=1S/C29H24ClN3O3/c1-17-24(14-19-4-8-21(30)9-5-19)29(32-18(2)31-17)33-22-10-6-20(7-11-22)28-16-26(34)25-15-23(35-3)12-13-27(25)36-28/h4-13,15-16H,14H2,1-3H3,(H,31,32,33). The van der Waals surface area contributed by atoms with Crippen LogP contribution in [0.5, 0.6) is 5.75 Å². The number of ether oxygens (including phenoxy) is 1. The number of nitrogens with zero attached hydrogens (tertiary/aromatic N) is 2. The van der Waals surface area contributed by atoms with Crippen LogP contribution in [0, 0.1) is 13.8 Å². The fourth-order valence-electron chi connectivity index (χ4n) is 4.12. The number of aryl methyl sites for hydroxylation is 2. The Morgan fingerprint density at radius 1 is 0.944 bits per heavy atom. The predicted octanol–water partition coefficient (Wildman–Crippen LogP) is 6.86. The molecule has 0 aliphatic rings. The Morgan fingerprint density at radius 2 is 1.69 bits per heavy atom. The molecule has 0 fully saturated rings. The number of rotatable bonds is 6. The van der Waals surface area contributed by atoms with Crippen LogP contribution in [0.3, 0.4) is 0 Å². The second kappa shape index (κ2) is 9.84. The second-order valence-corrected chi connectivity index (χ2v) is 8.96. The molecule has 0 aliphatic carbocycles. The van der Waals surface area contributed by atoms with Gasteiger partial charge in [-0.3, -0.25) is 4.79 Å². The van der Waals surface area contributed by atoms with Gasteiger partial charge in [-0.1, -0.05) is 23.7 Å². The van der Waals surface area contributed by atoms with Crippen molar-refractivity contribution < 1.29 is 9.15 Å². The van der Waals surface area contributed by atoms with Crippen molar-refractivity contribution in [1.82, 2.24) is 9.97 Å². The molecule has 0 radical (unpaired) electrons. The van der Waals surface area contributed by atoms with Crippen LogP contribution in [-0.2, 0) is 6.42 Å². The topological polar surface area (TPSA) is 77.2 Å². The van der Waals surface area contributed by atoms with Gasteiger partial charge in [0.25, 0.3) is 0 Å². The number of hydrogen-bond acceptors (Lipinski definition) is 6. The lowest BCUT2D eigenvalue weighted by atomic mass is 10.0. The van der Waals surface area contributed by atoms with E-state index in [2.05, 4.69) is 15.3 Å². The second-order valence-electron chi connectivity index (χ2n) is 8.53. The maximum absolute atomic E-state index is 12.7. The third kappa shape index (κ3) is 4.95. The number of anilines is 2. The zero-order valence-corrected chi connectivity index (χ0v) is 20.9. The molecule has 36 heavy (non-hydrogen) atoms. The van der Waals surface area contributed by atoms with Crippen molar-refractivity contribution in [1.29, 1.82) is 0 Å². The average molecular weight is 498 g/mol. The molecular formula is C29H24ClN3O3. The maximum atomic E-state index is 12.7. The van der Waals surface area contributed by atoms with Crippen LogP contribution in [0.15, 0.2) is 82.0 Å². The Morgan fingerprint density at radius 3 is 2.42 bits per heavy atom. The minimum absolute atomic E-state index is 0.119. The molecule has 0 saturated carbocycles. The normalized spacial score (nSPS) is 11.0. The first-order chi connectivity index (χ1) is 17.4. The molecule has 5 rings (SSSR count). The van der Waals surface area contributed by atoms with E-state index in [1.54, 1.807) is 25.3 Å². The van der Waals surface area contributed by atoms with E-state index in [4.69, 9.17) is 20.8 Å². The first kappa shape index (κ1) is 23.6. The van der Waals surface area contributed by atoms with E-state index in [0.717, 1.165) is 33.9 Å². The van der Waals surface area contributed by atoms with E-state index in [0.29, 0.717) is 39.7 Å². The largest absolute Gasteiger partial charge is 0.497 e. The minimum Gasteiger partial charge on any atom is -0.497 e. The van der Waals surface area contributed by atoms with Gasteiger partial charge in [0.2, 0.25) is 0 Å². The van der Waals surface area contributed by atoms with E-state index < -0.39 is 0 Å². The molecule has 0 spiro atoms. The van der Waals surface area contributed by atoms with Gasteiger partial charge in [-0.05, 0) is 74.0 Å². The minimum atomic E-state index is -0.119. The molecule has 0 atom stereocenters. The molecule has 0 aliphatic heterocycles. The van der Waals surface area contributed by atoms with Crippen molar-refractivity contribution in [3.8, 4) is 17.1 Å². The molecule has 3 aromatic carbocycles. The summed E-state index contributed by atoms with van der Waals surface area (Å²) in [6.45, 7) is 3.87. The summed E-state index contributed by atoms with van der Waals surface area (Å²) in [5, 5.41) is 4.62. The highest BCUT2D eigenvalue weighted by Crippen LogP contribution is 2.28. The molecule has 0 unspecified atom stereocenters. The molecule has 6 nitrogen and oxygen atoms in total. The van der Waals surface area contributed by atoms with Crippen LogP contribution in [-0.4, -0.2) is 17.1 Å². The third-order valence-corrected chi connectivity index (χ3v) is 6.24. The van der Waals surface area contributed by atoms with Crippen LogP contribution in [0.4, 0.5) is 11.5 Å². The third-order valence-electron chi connectivity index (χ3n) is 5.99. The first-order valence-electron chi connectivity index (χ1n) is 11.5. The summed E-state index contributed by atoms with van der Waals surface area (Å²) < 4.78 is 11.2. The van der Waals surface area contributed by atoms with Gasteiger partial charge in [0.1, 0.15) is 28.7 Å². The van der Waals surface area contributed by atoms with Crippen molar-refractivity contribution in [3.05, 3.63) is 111 Å². The van der Waals surface area contributed by atoms with Gasteiger partial charge in [0, 0.05) is 40.0 Å². The molecule has 5 aromatic rings. The zero-order chi connectivity index (χ0) is 25.2. The van der Waals surface area contributed by atoms with Crippen LogP contribution >= 0.6 is 11.6 Å². The molecule has 2 aromatic heterocycles. The summed E-state index contributed by atoms with van der Waals surface area (Å²) in [4.78, 5) is 21.9. The van der Waals surface area contributed by atoms with Crippen molar-refractivity contribution in [2.24, 2.45) is 0 Å². The van der Waals surface area contributed by atoms with Crippen LogP contribution < -0.4 is 15.5 Å². The molecule has 0 bridgehead atoms. The fourth-order valence-corrected chi connectivity index (χ4v) is 4.24. The van der Waals surface area contributed by atoms with Crippen LogP contribution in [0.25, 0.3) is 22.3 Å². The van der Waals surface area contributed by atoms with E-state index in [9.17, 15) is 4.79 Å². The summed E-state index contributed by atoms with van der Waals surface area (Å²) in [6, 6.07) is 22.2. The molecule has 0 amide bonds. The molecule has 180 valence electrons. The van der Waals surface area contributed by atoms with Crippen molar-refractivity contribution >= 4 is 34.1 Å². The number of benzene rings is 3. The van der Waals surface area contributed by atoms with Gasteiger partial charge in [-0.15, -0.1) is 0 Å². The summed E-state index contributed by atoms with van der Waals surface area (Å²) in [5.74, 6) is 2.57. The molecule has 0 saturated heterocycles. The number of fused-ring (bicyclic) bond motifs is 1. The number of nitrogens with one attached hydrogen (secondary N) is 1. The molecular weight excluding hydrogens is 474 g/mol. The highest BCUT2D eigenvalue weighted by atomic mass is 35.5. The Balaban J connectivity index is 1.43. The van der Waals surface area contributed by atoms with E-state index >= 15 is 0 Å². The van der Waals surface area contributed by atoms with E-state index in [-0.39, 0.29) is 5.43 Å². The average Bonchev–Trinajstić information content (AvgIpc) is 2.87. The van der Waals surface area contributed by atoms with Gasteiger partial charge in [-0.25, -0.2) is 9.97 Å². The lowest BCUT2D eigenvalue weighted by molar-refractivity contribution is 0.415.